The first-order valence-electron chi connectivity index (χ1n) is 6.92. The van der Waals surface area contributed by atoms with Gasteiger partial charge >= 0.3 is 12.2 Å². The lowest BCUT2D eigenvalue weighted by molar-refractivity contribution is -0.154. The summed E-state index contributed by atoms with van der Waals surface area (Å²) >= 11 is 0. The van der Waals surface area contributed by atoms with E-state index >= 15 is 0 Å². The van der Waals surface area contributed by atoms with Gasteiger partial charge in [-0.05, 0) is 26.2 Å². The third-order valence-corrected chi connectivity index (χ3v) is 2.94. The number of aromatic nitrogens is 3. The van der Waals surface area contributed by atoms with Gasteiger partial charge in [-0.15, -0.1) is 0 Å². The van der Waals surface area contributed by atoms with E-state index < -0.39 is 12.8 Å². The summed E-state index contributed by atoms with van der Waals surface area (Å²) in [5.41, 5.74) is 0. The summed E-state index contributed by atoms with van der Waals surface area (Å²) in [5.74, 6) is 0.586. The SMILES string of the molecule is CCNc1nc(OCC(F)(F)F)nc(N2CCCCC2)n1. The van der Waals surface area contributed by atoms with E-state index in [1.165, 1.54) is 0 Å². The maximum absolute atomic E-state index is 12.2. The van der Waals surface area contributed by atoms with Crippen LogP contribution < -0.4 is 15.0 Å². The number of nitrogens with zero attached hydrogens (tertiary/aromatic N) is 4. The van der Waals surface area contributed by atoms with Gasteiger partial charge in [-0.3, -0.25) is 0 Å². The maximum Gasteiger partial charge on any atom is 0.422 e. The molecule has 0 atom stereocenters. The van der Waals surface area contributed by atoms with Gasteiger partial charge in [0.2, 0.25) is 11.9 Å². The highest BCUT2D eigenvalue weighted by molar-refractivity contribution is 5.38. The first-order valence-corrected chi connectivity index (χ1v) is 6.92. The zero-order chi connectivity index (χ0) is 15.3. The smallest absolute Gasteiger partial charge is 0.422 e. The molecule has 2 heterocycles. The lowest BCUT2D eigenvalue weighted by Crippen LogP contribution is -2.31. The highest BCUT2D eigenvalue weighted by Gasteiger charge is 2.29. The number of rotatable bonds is 5. The average molecular weight is 305 g/mol. The van der Waals surface area contributed by atoms with Crippen molar-refractivity contribution in [3.63, 3.8) is 0 Å². The monoisotopic (exact) mass is 305 g/mol. The fourth-order valence-corrected chi connectivity index (χ4v) is 2.03. The molecule has 1 aromatic rings. The summed E-state index contributed by atoms with van der Waals surface area (Å²) in [6, 6.07) is -0.307. The fraction of sp³-hybridized carbons (Fsp3) is 0.750. The molecule has 0 aliphatic carbocycles. The van der Waals surface area contributed by atoms with E-state index in [-0.39, 0.29) is 12.0 Å². The summed E-state index contributed by atoms with van der Waals surface area (Å²) in [6.45, 7) is 2.56. The molecule has 0 amide bonds. The lowest BCUT2D eigenvalue weighted by Gasteiger charge is -2.26. The zero-order valence-corrected chi connectivity index (χ0v) is 11.8. The van der Waals surface area contributed by atoms with E-state index in [0.29, 0.717) is 12.5 Å². The topological polar surface area (TPSA) is 63.2 Å². The molecule has 0 unspecified atom stereocenters. The molecule has 118 valence electrons. The Kier molecular flexibility index (Phi) is 5.03. The normalized spacial score (nSPS) is 15.9. The molecule has 2 rings (SSSR count). The molecule has 0 radical (unpaired) electrons. The van der Waals surface area contributed by atoms with Crippen LogP contribution in [-0.4, -0.2) is 47.4 Å². The average Bonchev–Trinajstić information content (AvgIpc) is 2.46. The van der Waals surface area contributed by atoms with Gasteiger partial charge in [-0.2, -0.15) is 28.1 Å². The van der Waals surface area contributed by atoms with E-state index in [4.69, 9.17) is 0 Å². The first kappa shape index (κ1) is 15.6. The molecule has 6 nitrogen and oxygen atoms in total. The summed E-state index contributed by atoms with van der Waals surface area (Å²) in [5, 5.41) is 2.87. The molecule has 21 heavy (non-hydrogen) atoms. The highest BCUT2D eigenvalue weighted by Crippen LogP contribution is 2.21. The Balaban J connectivity index is 2.16. The van der Waals surface area contributed by atoms with Crippen LogP contribution in [0, 0.1) is 0 Å². The molecule has 0 saturated carbocycles. The number of ether oxygens (including phenoxy) is 1. The minimum absolute atomic E-state index is 0.227. The molecule has 0 spiro atoms. The van der Waals surface area contributed by atoms with Gasteiger partial charge < -0.3 is 15.0 Å². The Hall–Kier alpha value is -1.80. The molecule has 1 N–H and O–H groups in total. The minimum atomic E-state index is -4.42. The Morgan fingerprint density at radius 3 is 2.48 bits per heavy atom. The van der Waals surface area contributed by atoms with Crippen molar-refractivity contribution in [1.29, 1.82) is 0 Å². The standard InChI is InChI=1S/C12H18F3N5O/c1-2-16-9-17-10(20-6-4-3-5-7-20)19-11(18-9)21-8-12(13,14)15/h2-8H2,1H3,(H,16,17,18,19). The van der Waals surface area contributed by atoms with Crippen LogP contribution in [-0.2, 0) is 0 Å². The van der Waals surface area contributed by atoms with Gasteiger partial charge in [0.1, 0.15) is 0 Å². The van der Waals surface area contributed by atoms with Crippen molar-refractivity contribution in [2.24, 2.45) is 0 Å². The number of halogens is 3. The molecule has 1 aliphatic rings. The van der Waals surface area contributed by atoms with Crippen LogP contribution in [0.25, 0.3) is 0 Å². The van der Waals surface area contributed by atoms with Crippen molar-refractivity contribution in [3.05, 3.63) is 0 Å². The van der Waals surface area contributed by atoms with Gasteiger partial charge in [0, 0.05) is 19.6 Å². The van der Waals surface area contributed by atoms with Gasteiger partial charge in [0.15, 0.2) is 6.61 Å². The van der Waals surface area contributed by atoms with E-state index in [9.17, 15) is 13.2 Å². The summed E-state index contributed by atoms with van der Waals surface area (Å²) < 4.78 is 41.3. The van der Waals surface area contributed by atoms with Crippen LogP contribution in [0.5, 0.6) is 6.01 Å². The fourth-order valence-electron chi connectivity index (χ4n) is 2.03. The van der Waals surface area contributed by atoms with E-state index in [1.54, 1.807) is 0 Å². The number of hydrogen-bond donors (Lipinski definition) is 1. The lowest BCUT2D eigenvalue weighted by atomic mass is 10.1. The molecule has 1 aromatic heterocycles. The highest BCUT2D eigenvalue weighted by atomic mass is 19.4. The molecule has 0 bridgehead atoms. The second-order valence-electron chi connectivity index (χ2n) is 4.72. The first-order chi connectivity index (χ1) is 9.98. The molecular formula is C12H18F3N5O. The molecule has 9 heteroatoms. The molecule has 1 fully saturated rings. The Labute approximate surface area is 120 Å². The quantitative estimate of drug-likeness (QED) is 0.900. The Bertz CT molecular complexity index is 463. The molecule has 1 aliphatic heterocycles. The van der Waals surface area contributed by atoms with Gasteiger partial charge in [-0.25, -0.2) is 0 Å². The predicted molar refractivity (Wildman–Crippen MR) is 71.6 cm³/mol. The maximum atomic E-state index is 12.2. The summed E-state index contributed by atoms with van der Waals surface area (Å²) in [4.78, 5) is 14.0. The number of anilines is 2. The van der Waals surface area contributed by atoms with Crippen molar-refractivity contribution in [1.82, 2.24) is 15.0 Å². The third-order valence-electron chi connectivity index (χ3n) is 2.94. The minimum Gasteiger partial charge on any atom is -0.454 e. The molecular weight excluding hydrogens is 287 g/mol. The third kappa shape index (κ3) is 4.91. The predicted octanol–water partition coefficient (Wildman–Crippen LogP) is 2.23. The largest absolute Gasteiger partial charge is 0.454 e. The Morgan fingerprint density at radius 1 is 1.14 bits per heavy atom. The van der Waals surface area contributed by atoms with Crippen LogP contribution in [0.4, 0.5) is 25.1 Å². The second kappa shape index (κ2) is 6.77. The van der Waals surface area contributed by atoms with Crippen molar-refractivity contribution in [2.75, 3.05) is 36.5 Å². The van der Waals surface area contributed by atoms with Crippen molar-refractivity contribution in [2.45, 2.75) is 32.4 Å². The van der Waals surface area contributed by atoms with Crippen LogP contribution in [0.3, 0.4) is 0 Å². The molecule has 1 saturated heterocycles. The van der Waals surface area contributed by atoms with Crippen LogP contribution in [0.1, 0.15) is 26.2 Å². The second-order valence-corrected chi connectivity index (χ2v) is 4.72. The van der Waals surface area contributed by atoms with E-state index in [2.05, 4.69) is 25.0 Å². The van der Waals surface area contributed by atoms with Gasteiger partial charge in [-0.1, -0.05) is 0 Å². The molecule has 0 aromatic carbocycles. The zero-order valence-electron chi connectivity index (χ0n) is 11.8. The van der Waals surface area contributed by atoms with Gasteiger partial charge in [0.25, 0.3) is 0 Å². The summed E-state index contributed by atoms with van der Waals surface area (Å²) in [7, 11) is 0. The van der Waals surface area contributed by atoms with Crippen molar-refractivity contribution in [3.8, 4) is 6.01 Å². The summed E-state index contributed by atoms with van der Waals surface area (Å²) in [6.07, 6.45) is -1.25. The van der Waals surface area contributed by atoms with Crippen LogP contribution >= 0.6 is 0 Å². The van der Waals surface area contributed by atoms with Crippen LogP contribution in [0.2, 0.25) is 0 Å². The van der Waals surface area contributed by atoms with E-state index in [1.807, 2.05) is 11.8 Å². The number of alkyl halides is 3. The van der Waals surface area contributed by atoms with Gasteiger partial charge in [0.05, 0.1) is 0 Å². The van der Waals surface area contributed by atoms with Crippen LogP contribution in [0.15, 0.2) is 0 Å². The number of nitrogens with one attached hydrogen (secondary N) is 1. The van der Waals surface area contributed by atoms with Crippen molar-refractivity contribution >= 4 is 11.9 Å². The number of hydrogen-bond acceptors (Lipinski definition) is 6. The van der Waals surface area contributed by atoms with E-state index in [0.717, 1.165) is 32.4 Å². The number of piperidine rings is 1. The van der Waals surface area contributed by atoms with Crippen molar-refractivity contribution < 1.29 is 17.9 Å². The Morgan fingerprint density at radius 2 is 1.86 bits per heavy atom.